The predicted molar refractivity (Wildman–Crippen MR) is 95.0 cm³/mol. The SMILES string of the molecule is C=CNC(=NC)c1ccc(-c2nc(C)n(C)n2)cc1F.CCC.[HH]. The molecule has 0 amide bonds. The number of aromatic nitrogens is 3. The summed E-state index contributed by atoms with van der Waals surface area (Å²) in [6.07, 6.45) is 2.71. The number of aliphatic imine (C=N–C) groups is 1. The number of hydrogen-bond donors (Lipinski definition) is 1. The van der Waals surface area contributed by atoms with Crippen LogP contribution in [-0.2, 0) is 7.05 Å². The van der Waals surface area contributed by atoms with E-state index in [1.165, 1.54) is 18.7 Å². The largest absolute Gasteiger partial charge is 0.347 e. The lowest BCUT2D eigenvalue weighted by molar-refractivity contribution is 0.624. The number of aryl methyl sites for hydroxylation is 2. The van der Waals surface area contributed by atoms with Crippen molar-refractivity contribution in [2.24, 2.45) is 12.0 Å². The molecule has 1 aromatic carbocycles. The van der Waals surface area contributed by atoms with Crippen LogP contribution >= 0.6 is 0 Å². The Kier molecular flexibility index (Phi) is 7.12. The van der Waals surface area contributed by atoms with Gasteiger partial charge in [0.15, 0.2) is 5.82 Å². The van der Waals surface area contributed by atoms with E-state index in [2.05, 4.69) is 40.8 Å². The Hall–Kier alpha value is -2.50. The quantitative estimate of drug-likeness (QED) is 0.693. The van der Waals surface area contributed by atoms with E-state index in [1.807, 2.05) is 6.92 Å². The second kappa shape index (κ2) is 8.82. The number of halogens is 1. The summed E-state index contributed by atoms with van der Waals surface area (Å²) in [4.78, 5) is 8.26. The average molecular weight is 319 g/mol. The van der Waals surface area contributed by atoms with E-state index in [4.69, 9.17) is 0 Å². The third kappa shape index (κ3) is 4.74. The van der Waals surface area contributed by atoms with Gasteiger partial charge in [-0.05, 0) is 25.3 Å². The van der Waals surface area contributed by atoms with Crippen LogP contribution in [0, 0.1) is 12.7 Å². The molecule has 2 aromatic rings. The van der Waals surface area contributed by atoms with Crippen LogP contribution in [0.4, 0.5) is 4.39 Å². The van der Waals surface area contributed by atoms with Crippen molar-refractivity contribution in [1.82, 2.24) is 20.1 Å². The average Bonchev–Trinajstić information content (AvgIpc) is 2.85. The van der Waals surface area contributed by atoms with Gasteiger partial charge in [0.05, 0.1) is 5.56 Å². The van der Waals surface area contributed by atoms with Crippen molar-refractivity contribution in [2.45, 2.75) is 27.2 Å². The molecule has 0 atom stereocenters. The number of nitrogens with zero attached hydrogens (tertiary/aromatic N) is 4. The Balaban J connectivity index is 0.00000123. The molecule has 6 heteroatoms. The van der Waals surface area contributed by atoms with Crippen LogP contribution in [0.15, 0.2) is 36.0 Å². The summed E-state index contributed by atoms with van der Waals surface area (Å²) in [5.41, 5.74) is 1.01. The maximum absolute atomic E-state index is 14.2. The van der Waals surface area contributed by atoms with Crippen molar-refractivity contribution < 1.29 is 5.82 Å². The Labute approximate surface area is 138 Å². The fourth-order valence-corrected chi connectivity index (χ4v) is 1.79. The second-order valence-corrected chi connectivity index (χ2v) is 4.93. The molecular weight excluding hydrogens is 293 g/mol. The van der Waals surface area contributed by atoms with E-state index in [9.17, 15) is 4.39 Å². The molecule has 5 nitrogen and oxygen atoms in total. The number of nitrogens with one attached hydrogen (secondary N) is 1. The van der Waals surface area contributed by atoms with Gasteiger partial charge in [-0.3, -0.25) is 9.67 Å². The summed E-state index contributed by atoms with van der Waals surface area (Å²) in [5.74, 6) is 1.31. The zero-order valence-corrected chi connectivity index (χ0v) is 14.4. The fourth-order valence-electron chi connectivity index (χ4n) is 1.79. The van der Waals surface area contributed by atoms with Crippen LogP contribution in [0.1, 0.15) is 33.1 Å². The maximum atomic E-state index is 14.2. The molecule has 0 aliphatic heterocycles. The Morgan fingerprint density at radius 2 is 2.13 bits per heavy atom. The van der Waals surface area contributed by atoms with E-state index in [0.717, 1.165) is 5.82 Å². The molecule has 1 heterocycles. The number of amidine groups is 1. The van der Waals surface area contributed by atoms with Crippen molar-refractivity contribution >= 4 is 5.84 Å². The minimum absolute atomic E-state index is 0. The van der Waals surface area contributed by atoms with Gasteiger partial charge in [-0.15, -0.1) is 0 Å². The molecule has 0 unspecified atom stereocenters. The Bertz CT molecular complexity index is 675. The van der Waals surface area contributed by atoms with Crippen LogP contribution in [-0.4, -0.2) is 27.6 Å². The van der Waals surface area contributed by atoms with Crippen molar-refractivity contribution in [3.05, 3.63) is 48.2 Å². The predicted octanol–water partition coefficient (Wildman–Crippen LogP) is 3.70. The topological polar surface area (TPSA) is 55.1 Å². The lowest BCUT2D eigenvalue weighted by Gasteiger charge is -2.07. The normalized spacial score (nSPS) is 10.8. The summed E-state index contributed by atoms with van der Waals surface area (Å²) in [5, 5.41) is 7.03. The van der Waals surface area contributed by atoms with E-state index in [1.54, 1.807) is 30.9 Å². The first-order chi connectivity index (χ1) is 11.0. The molecule has 0 saturated heterocycles. The summed E-state index contributed by atoms with van der Waals surface area (Å²) in [6.45, 7) is 9.64. The first kappa shape index (κ1) is 18.5. The van der Waals surface area contributed by atoms with Gasteiger partial charge in [0.1, 0.15) is 17.5 Å². The third-order valence-corrected chi connectivity index (χ3v) is 2.93. The van der Waals surface area contributed by atoms with Gasteiger partial charge >= 0.3 is 0 Å². The van der Waals surface area contributed by atoms with Crippen molar-refractivity contribution in [2.75, 3.05) is 7.05 Å². The van der Waals surface area contributed by atoms with Crippen molar-refractivity contribution in [3.8, 4) is 11.4 Å². The van der Waals surface area contributed by atoms with Crippen LogP contribution in [0.3, 0.4) is 0 Å². The third-order valence-electron chi connectivity index (χ3n) is 2.93. The summed E-state index contributed by atoms with van der Waals surface area (Å²) < 4.78 is 15.8. The summed E-state index contributed by atoms with van der Waals surface area (Å²) in [7, 11) is 3.38. The standard InChI is InChI=1S/C14H16FN5.C3H8.H2/c1-5-17-14(16-3)11-7-6-10(8-12(11)15)13-18-9(2)20(4)19-13;1-3-2;/h5-8H,1H2,2-4H3,(H,16,17);3H2,1-2H3;1H. The number of rotatable bonds is 3. The second-order valence-electron chi connectivity index (χ2n) is 4.93. The molecule has 0 fully saturated rings. The molecule has 0 aliphatic rings. The smallest absolute Gasteiger partial charge is 0.181 e. The molecule has 1 aromatic heterocycles. The maximum Gasteiger partial charge on any atom is 0.181 e. The van der Waals surface area contributed by atoms with Crippen molar-refractivity contribution in [3.63, 3.8) is 0 Å². The van der Waals surface area contributed by atoms with E-state index in [0.29, 0.717) is 22.8 Å². The highest BCUT2D eigenvalue weighted by Gasteiger charge is 2.12. The van der Waals surface area contributed by atoms with Gasteiger partial charge in [0.2, 0.25) is 0 Å². The van der Waals surface area contributed by atoms with Crippen LogP contribution < -0.4 is 5.32 Å². The lowest BCUT2D eigenvalue weighted by atomic mass is 10.1. The molecule has 1 N–H and O–H groups in total. The monoisotopic (exact) mass is 319 g/mol. The number of hydrogen-bond acceptors (Lipinski definition) is 3. The zero-order valence-electron chi connectivity index (χ0n) is 14.4. The van der Waals surface area contributed by atoms with E-state index >= 15 is 0 Å². The van der Waals surface area contributed by atoms with Gasteiger partial charge in [0, 0.05) is 21.1 Å². The minimum atomic E-state index is -0.387. The molecule has 0 radical (unpaired) electrons. The molecule has 23 heavy (non-hydrogen) atoms. The summed E-state index contributed by atoms with van der Waals surface area (Å²) >= 11 is 0. The van der Waals surface area contributed by atoms with Gasteiger partial charge in [0.25, 0.3) is 0 Å². The van der Waals surface area contributed by atoms with Crippen LogP contribution in [0.2, 0.25) is 0 Å². The summed E-state index contributed by atoms with van der Waals surface area (Å²) in [6, 6.07) is 4.82. The van der Waals surface area contributed by atoms with Gasteiger partial charge in [-0.2, -0.15) is 5.10 Å². The first-order valence-corrected chi connectivity index (χ1v) is 7.50. The van der Waals surface area contributed by atoms with E-state index in [-0.39, 0.29) is 7.24 Å². The molecule has 126 valence electrons. The molecule has 2 rings (SSSR count). The van der Waals surface area contributed by atoms with Gasteiger partial charge < -0.3 is 5.32 Å². The first-order valence-electron chi connectivity index (χ1n) is 7.50. The van der Waals surface area contributed by atoms with Gasteiger partial charge in [-0.25, -0.2) is 9.37 Å². The van der Waals surface area contributed by atoms with Gasteiger partial charge in [-0.1, -0.05) is 32.9 Å². The molecule has 0 bridgehead atoms. The zero-order chi connectivity index (χ0) is 17.4. The Morgan fingerprint density at radius 3 is 2.57 bits per heavy atom. The van der Waals surface area contributed by atoms with E-state index < -0.39 is 0 Å². The highest BCUT2D eigenvalue weighted by molar-refractivity contribution is 5.99. The van der Waals surface area contributed by atoms with Crippen LogP contribution in [0.25, 0.3) is 11.4 Å². The highest BCUT2D eigenvalue weighted by atomic mass is 19.1. The molecule has 0 aliphatic carbocycles. The molecule has 0 spiro atoms. The van der Waals surface area contributed by atoms with Crippen LogP contribution in [0.5, 0.6) is 0 Å². The Morgan fingerprint density at radius 1 is 1.48 bits per heavy atom. The number of benzene rings is 1. The van der Waals surface area contributed by atoms with Crippen molar-refractivity contribution in [1.29, 1.82) is 0 Å². The fraction of sp³-hybridized carbons (Fsp3) is 0.353. The molecule has 0 saturated carbocycles. The minimum Gasteiger partial charge on any atom is -0.347 e. The molecular formula is C17H26FN5. The highest BCUT2D eigenvalue weighted by Crippen LogP contribution is 2.19. The lowest BCUT2D eigenvalue weighted by Crippen LogP contribution is -2.19.